The van der Waals surface area contributed by atoms with Gasteiger partial charge in [-0.3, -0.25) is 4.79 Å². The van der Waals surface area contributed by atoms with Crippen LogP contribution in [0.2, 0.25) is 0 Å². The topological polar surface area (TPSA) is 54.4 Å². The fourth-order valence-electron chi connectivity index (χ4n) is 1.30. The molecule has 82 valence electrons. The van der Waals surface area contributed by atoms with Gasteiger partial charge >= 0.3 is 0 Å². The lowest BCUT2D eigenvalue weighted by atomic mass is 10.0. The van der Waals surface area contributed by atoms with Crippen molar-refractivity contribution < 1.29 is 14.7 Å². The molecule has 1 rings (SSSR count). The summed E-state index contributed by atoms with van der Waals surface area (Å²) in [7, 11) is 0. The minimum absolute atomic E-state index is 0.0755. The largest absolute Gasteiger partial charge is 0.507 e. The maximum atomic E-state index is 11.1. The molecule has 3 heteroatoms. The number of aldehydes is 1. The Hall–Kier alpha value is -2.08. The van der Waals surface area contributed by atoms with E-state index in [1.165, 1.54) is 13.0 Å². The van der Waals surface area contributed by atoms with E-state index >= 15 is 0 Å². The number of aromatic hydroxyl groups is 1. The van der Waals surface area contributed by atoms with E-state index < -0.39 is 0 Å². The van der Waals surface area contributed by atoms with E-state index in [4.69, 9.17) is 0 Å². The van der Waals surface area contributed by atoms with E-state index in [1.54, 1.807) is 13.0 Å². The molecule has 0 bridgehead atoms. The van der Waals surface area contributed by atoms with Crippen LogP contribution >= 0.6 is 0 Å². The first kappa shape index (κ1) is 12.0. The number of aryl methyl sites for hydroxylation is 1. The summed E-state index contributed by atoms with van der Waals surface area (Å²) in [5.41, 5.74) is 1.73. The van der Waals surface area contributed by atoms with Crippen molar-refractivity contribution in [1.82, 2.24) is 0 Å². The van der Waals surface area contributed by atoms with Crippen LogP contribution in [0.1, 0.15) is 34.8 Å². The second-order valence-corrected chi connectivity index (χ2v) is 3.41. The molecule has 0 aromatic heterocycles. The van der Waals surface area contributed by atoms with Crippen molar-refractivity contribution in [2.45, 2.75) is 20.3 Å². The second kappa shape index (κ2) is 5.13. The number of rotatable bonds is 2. The van der Waals surface area contributed by atoms with Gasteiger partial charge in [-0.1, -0.05) is 11.8 Å². The summed E-state index contributed by atoms with van der Waals surface area (Å²) in [6.07, 6.45) is 0.876. The van der Waals surface area contributed by atoms with Crippen LogP contribution in [0.4, 0.5) is 0 Å². The van der Waals surface area contributed by atoms with E-state index in [-0.39, 0.29) is 18.0 Å². The highest BCUT2D eigenvalue weighted by atomic mass is 16.3. The molecule has 0 saturated carbocycles. The molecular weight excluding hydrogens is 204 g/mol. The molecule has 1 N–H and O–H groups in total. The Morgan fingerprint density at radius 3 is 2.75 bits per heavy atom. The average molecular weight is 216 g/mol. The Balaban J connectivity index is 3.17. The molecule has 0 aliphatic heterocycles. The molecule has 0 heterocycles. The summed E-state index contributed by atoms with van der Waals surface area (Å²) in [5.74, 6) is 5.16. The number of carbonyl (C=O) groups is 2. The summed E-state index contributed by atoms with van der Waals surface area (Å²) < 4.78 is 0. The monoisotopic (exact) mass is 216 g/mol. The molecular formula is C13H12O3. The average Bonchev–Trinajstić information content (AvgIpc) is 2.22. The molecule has 3 nitrogen and oxygen atoms in total. The van der Waals surface area contributed by atoms with Gasteiger partial charge in [-0.05, 0) is 31.5 Å². The maximum absolute atomic E-state index is 11.1. The SMILES string of the molecule is CC(=O)c1cc(C)c(C#CCC=O)cc1O. The molecule has 0 spiro atoms. The molecule has 1 aromatic rings. The van der Waals surface area contributed by atoms with Gasteiger partial charge in [0, 0.05) is 5.56 Å². The first-order valence-corrected chi connectivity index (χ1v) is 4.83. The predicted molar refractivity (Wildman–Crippen MR) is 60.4 cm³/mol. The van der Waals surface area contributed by atoms with Crippen LogP contribution in [0.25, 0.3) is 0 Å². The zero-order chi connectivity index (χ0) is 12.1. The van der Waals surface area contributed by atoms with E-state index in [9.17, 15) is 14.7 Å². The summed E-state index contributed by atoms with van der Waals surface area (Å²) in [6, 6.07) is 3.05. The summed E-state index contributed by atoms with van der Waals surface area (Å²) in [6.45, 7) is 3.20. The van der Waals surface area contributed by atoms with Gasteiger partial charge in [-0.15, -0.1) is 0 Å². The lowest BCUT2D eigenvalue weighted by Gasteiger charge is -2.04. The Bertz CT molecular complexity index is 490. The summed E-state index contributed by atoms with van der Waals surface area (Å²) >= 11 is 0. The van der Waals surface area contributed by atoms with E-state index in [0.29, 0.717) is 17.4 Å². The van der Waals surface area contributed by atoms with Gasteiger partial charge in [0.05, 0.1) is 12.0 Å². The van der Waals surface area contributed by atoms with Gasteiger partial charge in [0.1, 0.15) is 12.0 Å². The van der Waals surface area contributed by atoms with Crippen LogP contribution in [0.3, 0.4) is 0 Å². The fourth-order valence-corrected chi connectivity index (χ4v) is 1.30. The zero-order valence-corrected chi connectivity index (χ0v) is 9.20. The molecule has 0 aliphatic rings. The van der Waals surface area contributed by atoms with Crippen molar-refractivity contribution in [3.05, 3.63) is 28.8 Å². The second-order valence-electron chi connectivity index (χ2n) is 3.41. The minimum Gasteiger partial charge on any atom is -0.507 e. The van der Waals surface area contributed by atoms with Gasteiger partial charge < -0.3 is 9.90 Å². The Morgan fingerprint density at radius 2 is 2.19 bits per heavy atom. The molecule has 0 aliphatic carbocycles. The molecule has 0 fully saturated rings. The van der Waals surface area contributed by atoms with Crippen molar-refractivity contribution in [1.29, 1.82) is 0 Å². The molecule has 0 atom stereocenters. The third kappa shape index (κ3) is 2.71. The van der Waals surface area contributed by atoms with Crippen LogP contribution in [-0.4, -0.2) is 17.2 Å². The number of hydrogen-bond donors (Lipinski definition) is 1. The number of Topliss-reactive ketones (excluding diaryl/α,β-unsaturated/α-hetero) is 1. The quantitative estimate of drug-likeness (QED) is 0.466. The third-order valence-electron chi connectivity index (χ3n) is 2.13. The fraction of sp³-hybridized carbons (Fsp3) is 0.231. The maximum Gasteiger partial charge on any atom is 0.163 e. The van der Waals surface area contributed by atoms with Crippen molar-refractivity contribution in [2.24, 2.45) is 0 Å². The highest BCUT2D eigenvalue weighted by Gasteiger charge is 2.08. The van der Waals surface area contributed by atoms with Crippen molar-refractivity contribution in [3.63, 3.8) is 0 Å². The lowest BCUT2D eigenvalue weighted by Crippen LogP contribution is -1.95. The van der Waals surface area contributed by atoms with Gasteiger partial charge in [-0.2, -0.15) is 0 Å². The van der Waals surface area contributed by atoms with Crippen molar-refractivity contribution in [2.75, 3.05) is 0 Å². The van der Waals surface area contributed by atoms with Gasteiger partial charge in [0.25, 0.3) is 0 Å². The molecule has 16 heavy (non-hydrogen) atoms. The van der Waals surface area contributed by atoms with Crippen LogP contribution in [0, 0.1) is 18.8 Å². The molecule has 0 radical (unpaired) electrons. The normalized spacial score (nSPS) is 9.12. The number of phenolic OH excluding ortho intramolecular Hbond substituents is 1. The van der Waals surface area contributed by atoms with Crippen LogP contribution in [-0.2, 0) is 4.79 Å². The molecule has 0 saturated heterocycles. The standard InChI is InChI=1S/C13H12O3/c1-9-7-12(10(2)15)13(16)8-11(9)5-3-4-6-14/h6-8,16H,4H2,1-2H3. The molecule has 0 unspecified atom stereocenters. The van der Waals surface area contributed by atoms with Crippen LogP contribution < -0.4 is 0 Å². The van der Waals surface area contributed by atoms with Crippen molar-refractivity contribution in [3.8, 4) is 17.6 Å². The first-order valence-electron chi connectivity index (χ1n) is 4.83. The lowest BCUT2D eigenvalue weighted by molar-refractivity contribution is -0.107. The Labute approximate surface area is 94.1 Å². The highest BCUT2D eigenvalue weighted by Crippen LogP contribution is 2.22. The number of hydrogen-bond acceptors (Lipinski definition) is 3. The number of benzene rings is 1. The van der Waals surface area contributed by atoms with Gasteiger partial charge in [-0.25, -0.2) is 0 Å². The smallest absolute Gasteiger partial charge is 0.163 e. The zero-order valence-electron chi connectivity index (χ0n) is 9.20. The van der Waals surface area contributed by atoms with Crippen molar-refractivity contribution >= 4 is 12.1 Å². The first-order chi connectivity index (χ1) is 7.56. The molecule has 1 aromatic carbocycles. The van der Waals surface area contributed by atoms with Gasteiger partial charge in [0.15, 0.2) is 5.78 Å². The summed E-state index contributed by atoms with van der Waals surface area (Å²) in [4.78, 5) is 21.2. The van der Waals surface area contributed by atoms with Crippen LogP contribution in [0.5, 0.6) is 5.75 Å². The Morgan fingerprint density at radius 1 is 1.50 bits per heavy atom. The molecule has 0 amide bonds. The Kier molecular flexibility index (Phi) is 3.84. The van der Waals surface area contributed by atoms with Gasteiger partial charge in [0.2, 0.25) is 0 Å². The van der Waals surface area contributed by atoms with E-state index in [2.05, 4.69) is 11.8 Å². The number of ketones is 1. The minimum atomic E-state index is -0.187. The number of phenols is 1. The number of carbonyl (C=O) groups excluding carboxylic acids is 2. The van der Waals surface area contributed by atoms with Crippen LogP contribution in [0.15, 0.2) is 12.1 Å². The van der Waals surface area contributed by atoms with E-state index in [0.717, 1.165) is 5.56 Å². The highest BCUT2D eigenvalue weighted by molar-refractivity contribution is 5.97. The van der Waals surface area contributed by atoms with E-state index in [1.807, 2.05) is 0 Å². The predicted octanol–water partition coefficient (Wildman–Crippen LogP) is 1.84. The third-order valence-corrected chi connectivity index (χ3v) is 2.13. The summed E-state index contributed by atoms with van der Waals surface area (Å²) in [5, 5.41) is 9.58.